The zero-order chi connectivity index (χ0) is 30.1. The molecule has 220 valence electrons. The van der Waals surface area contributed by atoms with Gasteiger partial charge >= 0.3 is 0 Å². The highest BCUT2D eigenvalue weighted by molar-refractivity contribution is 7.17. The van der Waals surface area contributed by atoms with Crippen LogP contribution in [0.5, 0.6) is 5.75 Å². The first-order valence-electron chi connectivity index (χ1n) is 14.0. The Balaban J connectivity index is 1.65. The first-order valence-corrected chi connectivity index (χ1v) is 17.3. The van der Waals surface area contributed by atoms with E-state index in [4.69, 9.17) is 26.5 Å². The Morgan fingerprint density at radius 1 is 1.05 bits per heavy atom. The molecule has 1 aromatic carbocycles. The standard InChI is InChI=1S/C31H40ClN3O4SSi/c1-18(2)41(19(3)4,20(5)6)38-17-23-9-11-29-34-14-26(35(29)15-23)28-13-27(30(40-28)31(33)37)39-21(7)24-10-8-22(16-36)12-25(24)32/h8-15,18-21,36H,16-17H2,1-7H3,(H2,33,37). The lowest BCUT2D eigenvalue weighted by Gasteiger charge is -2.42. The van der Waals surface area contributed by atoms with Crippen LogP contribution in [0.15, 0.2) is 48.8 Å². The molecule has 1 amide bonds. The fourth-order valence-corrected chi connectivity index (χ4v) is 12.7. The highest BCUT2D eigenvalue weighted by Crippen LogP contribution is 2.43. The van der Waals surface area contributed by atoms with Crippen LogP contribution >= 0.6 is 22.9 Å². The lowest BCUT2D eigenvalue weighted by molar-refractivity contribution is 0.0998. The number of benzene rings is 1. The molecule has 0 saturated carbocycles. The van der Waals surface area contributed by atoms with Crippen molar-refractivity contribution in [2.75, 3.05) is 0 Å². The number of nitrogens with two attached hydrogens (primary N) is 1. The molecule has 7 nitrogen and oxygen atoms in total. The number of aliphatic hydroxyl groups excluding tert-OH is 1. The highest BCUT2D eigenvalue weighted by atomic mass is 35.5. The number of ether oxygens (including phenoxy) is 1. The molecule has 41 heavy (non-hydrogen) atoms. The molecule has 4 aromatic rings. The number of rotatable bonds is 12. The summed E-state index contributed by atoms with van der Waals surface area (Å²) in [6, 6.07) is 11.2. The summed E-state index contributed by atoms with van der Waals surface area (Å²) < 4.78 is 15.1. The number of carbonyl (C=O) groups excluding carboxylic acids is 1. The van der Waals surface area contributed by atoms with Crippen LogP contribution in [-0.4, -0.2) is 28.7 Å². The van der Waals surface area contributed by atoms with Gasteiger partial charge in [0, 0.05) is 22.8 Å². The Bertz CT molecular complexity index is 1510. The third-order valence-electron chi connectivity index (χ3n) is 7.93. The number of aromatic nitrogens is 2. The molecule has 0 fully saturated rings. The van der Waals surface area contributed by atoms with Gasteiger partial charge in [0.25, 0.3) is 5.91 Å². The number of thiophene rings is 1. The molecule has 0 spiro atoms. The van der Waals surface area contributed by atoms with Crippen molar-refractivity contribution in [2.24, 2.45) is 5.73 Å². The van der Waals surface area contributed by atoms with Crippen molar-refractivity contribution in [3.05, 3.63) is 75.4 Å². The van der Waals surface area contributed by atoms with Gasteiger partial charge in [-0.3, -0.25) is 9.20 Å². The molecular weight excluding hydrogens is 574 g/mol. The first kappa shape index (κ1) is 31.2. The maximum absolute atomic E-state index is 12.4. The summed E-state index contributed by atoms with van der Waals surface area (Å²) in [5.74, 6) is -0.172. The lowest BCUT2D eigenvalue weighted by Crippen LogP contribution is -2.47. The van der Waals surface area contributed by atoms with Crippen LogP contribution in [0.1, 0.15) is 80.9 Å². The van der Waals surface area contributed by atoms with Crippen LogP contribution in [0.25, 0.3) is 16.2 Å². The zero-order valence-electron chi connectivity index (χ0n) is 24.8. The summed E-state index contributed by atoms with van der Waals surface area (Å²) in [6.07, 6.45) is 3.41. The summed E-state index contributed by atoms with van der Waals surface area (Å²) in [6.45, 7) is 16.0. The van der Waals surface area contributed by atoms with E-state index in [2.05, 4.69) is 58.8 Å². The van der Waals surface area contributed by atoms with Crippen molar-refractivity contribution in [3.63, 3.8) is 0 Å². The van der Waals surface area contributed by atoms with Gasteiger partial charge in [-0.1, -0.05) is 71.3 Å². The molecule has 0 aliphatic heterocycles. The third kappa shape index (κ3) is 6.24. The van der Waals surface area contributed by atoms with Crippen LogP contribution in [-0.2, 0) is 17.6 Å². The second kappa shape index (κ2) is 12.7. The SMILES string of the molecule is CC(Oc1cc(-c2cnc3ccc(CO[Si](C(C)C)(C(C)C)C(C)C)cn23)sc1C(N)=O)c1ccc(CO)cc1Cl. The summed E-state index contributed by atoms with van der Waals surface area (Å²) in [5, 5.41) is 9.87. The van der Waals surface area contributed by atoms with Gasteiger partial charge in [-0.05, 0) is 46.8 Å². The number of hydrogen-bond donors (Lipinski definition) is 2. The second-order valence-electron chi connectivity index (χ2n) is 11.5. The molecule has 3 heterocycles. The molecule has 3 N–H and O–H groups in total. The predicted octanol–water partition coefficient (Wildman–Crippen LogP) is 8.14. The Labute approximate surface area is 252 Å². The first-order chi connectivity index (χ1) is 19.4. The molecule has 0 bridgehead atoms. The molecule has 3 aromatic heterocycles. The van der Waals surface area contributed by atoms with Crippen molar-refractivity contribution >= 4 is 42.8 Å². The molecule has 10 heteroatoms. The molecule has 1 atom stereocenters. The summed E-state index contributed by atoms with van der Waals surface area (Å²) >= 11 is 7.72. The van der Waals surface area contributed by atoms with E-state index in [0.717, 1.165) is 27.3 Å². The summed E-state index contributed by atoms with van der Waals surface area (Å²) in [5.41, 5.74) is 11.4. The number of amides is 1. The molecule has 0 radical (unpaired) electrons. The van der Waals surface area contributed by atoms with Crippen molar-refractivity contribution < 1.29 is 19.1 Å². The zero-order valence-corrected chi connectivity index (χ0v) is 27.3. The van der Waals surface area contributed by atoms with Crippen LogP contribution in [0, 0.1) is 0 Å². The van der Waals surface area contributed by atoms with Gasteiger partial charge < -0.3 is 20.0 Å². The van der Waals surface area contributed by atoms with Crippen LogP contribution in [0.4, 0.5) is 0 Å². The van der Waals surface area contributed by atoms with Gasteiger partial charge in [0.15, 0.2) is 0 Å². The molecule has 4 rings (SSSR count). The Morgan fingerprint density at radius 2 is 1.71 bits per heavy atom. The van der Waals surface area contributed by atoms with E-state index in [1.165, 1.54) is 11.3 Å². The monoisotopic (exact) mass is 613 g/mol. The van der Waals surface area contributed by atoms with Gasteiger partial charge in [0.2, 0.25) is 8.32 Å². The number of primary amides is 1. The molecule has 0 aliphatic carbocycles. The number of imidazole rings is 1. The maximum Gasteiger partial charge on any atom is 0.262 e. The van der Waals surface area contributed by atoms with Gasteiger partial charge in [-0.15, -0.1) is 11.3 Å². The number of halogens is 1. The fraction of sp³-hybridized carbons (Fsp3) is 0.419. The average Bonchev–Trinajstić information content (AvgIpc) is 3.52. The van der Waals surface area contributed by atoms with E-state index in [1.807, 2.05) is 29.5 Å². The van der Waals surface area contributed by atoms with Gasteiger partial charge in [-0.2, -0.15) is 0 Å². The average molecular weight is 614 g/mol. The van der Waals surface area contributed by atoms with Gasteiger partial charge in [0.1, 0.15) is 22.4 Å². The van der Waals surface area contributed by atoms with E-state index < -0.39 is 20.3 Å². The fourth-order valence-electron chi connectivity index (χ4n) is 6.01. The maximum atomic E-state index is 12.4. The Hall–Kier alpha value is -2.69. The molecule has 0 saturated heterocycles. The van der Waals surface area contributed by atoms with Crippen molar-refractivity contribution in [3.8, 4) is 16.3 Å². The minimum Gasteiger partial charge on any atom is -0.484 e. The minimum atomic E-state index is -2.02. The molecular formula is C31H40ClN3O4SSi. The molecule has 1 unspecified atom stereocenters. The lowest BCUT2D eigenvalue weighted by atomic mass is 10.1. The van der Waals surface area contributed by atoms with E-state index in [9.17, 15) is 9.90 Å². The summed E-state index contributed by atoms with van der Waals surface area (Å²) in [4.78, 5) is 18.1. The molecule has 0 aliphatic rings. The van der Waals surface area contributed by atoms with Crippen molar-refractivity contribution in [2.45, 2.75) is 84.4 Å². The number of fused-ring (bicyclic) bond motifs is 1. The summed E-state index contributed by atoms with van der Waals surface area (Å²) in [7, 11) is -2.02. The van der Waals surface area contributed by atoms with Crippen molar-refractivity contribution in [1.29, 1.82) is 0 Å². The predicted molar refractivity (Wildman–Crippen MR) is 169 cm³/mol. The number of hydrogen-bond acceptors (Lipinski definition) is 6. The second-order valence-corrected chi connectivity index (χ2v) is 18.4. The number of nitrogens with zero attached hydrogens (tertiary/aromatic N) is 2. The van der Waals surface area contributed by atoms with Gasteiger partial charge in [0.05, 0.1) is 30.0 Å². The van der Waals surface area contributed by atoms with E-state index >= 15 is 0 Å². The smallest absolute Gasteiger partial charge is 0.262 e. The highest BCUT2D eigenvalue weighted by Gasteiger charge is 2.45. The van der Waals surface area contributed by atoms with Crippen molar-refractivity contribution in [1.82, 2.24) is 9.38 Å². The van der Waals surface area contributed by atoms with E-state index in [-0.39, 0.29) is 6.61 Å². The normalized spacial score (nSPS) is 13.1. The largest absolute Gasteiger partial charge is 0.484 e. The minimum absolute atomic E-state index is 0.0991. The number of pyridine rings is 1. The van der Waals surface area contributed by atoms with Crippen LogP contribution in [0.2, 0.25) is 21.6 Å². The third-order valence-corrected chi connectivity index (χ3v) is 15.5. The van der Waals surface area contributed by atoms with Crippen LogP contribution < -0.4 is 10.5 Å². The van der Waals surface area contributed by atoms with Crippen LogP contribution in [0.3, 0.4) is 0 Å². The Morgan fingerprint density at radius 3 is 2.29 bits per heavy atom. The van der Waals surface area contributed by atoms with E-state index in [1.54, 1.807) is 18.3 Å². The Kier molecular flexibility index (Phi) is 9.65. The topological polar surface area (TPSA) is 99.1 Å². The number of aliphatic hydroxyl groups is 1. The quantitative estimate of drug-likeness (QED) is 0.157. The number of carbonyl (C=O) groups is 1. The van der Waals surface area contributed by atoms with E-state index in [0.29, 0.717) is 44.4 Å². The van der Waals surface area contributed by atoms with Gasteiger partial charge in [-0.25, -0.2) is 4.98 Å².